The van der Waals surface area contributed by atoms with Crippen molar-refractivity contribution >= 4 is 11.3 Å². The SMILES string of the molecule is CC1CCCCCOCCc2ccsc2C1. The molecule has 2 heteroatoms. The zero-order valence-electron chi connectivity index (χ0n) is 10.2. The van der Waals surface area contributed by atoms with Gasteiger partial charge in [-0.3, -0.25) is 0 Å². The minimum Gasteiger partial charge on any atom is -0.381 e. The molecule has 2 rings (SSSR count). The van der Waals surface area contributed by atoms with Crippen LogP contribution in [0.1, 0.15) is 43.0 Å². The third-order valence-electron chi connectivity index (χ3n) is 3.37. The number of ether oxygens (including phenoxy) is 1. The molecule has 0 bridgehead atoms. The van der Waals surface area contributed by atoms with E-state index in [0.29, 0.717) is 0 Å². The minimum atomic E-state index is 0.845. The maximum Gasteiger partial charge on any atom is 0.0506 e. The lowest BCUT2D eigenvalue weighted by molar-refractivity contribution is 0.132. The van der Waals surface area contributed by atoms with Crippen LogP contribution in [-0.2, 0) is 17.6 Å². The lowest BCUT2D eigenvalue weighted by Gasteiger charge is -2.13. The molecule has 1 aromatic heterocycles. The van der Waals surface area contributed by atoms with E-state index in [1.807, 2.05) is 11.3 Å². The monoisotopic (exact) mass is 238 g/mol. The second kappa shape index (κ2) is 6.41. The molecule has 16 heavy (non-hydrogen) atoms. The molecular weight excluding hydrogens is 216 g/mol. The predicted octanol–water partition coefficient (Wildman–Crippen LogP) is 4.06. The number of thiophene rings is 1. The first-order valence-electron chi connectivity index (χ1n) is 6.49. The number of hydrogen-bond acceptors (Lipinski definition) is 2. The van der Waals surface area contributed by atoms with Gasteiger partial charge in [-0.1, -0.05) is 26.2 Å². The minimum absolute atomic E-state index is 0.845. The molecule has 0 spiro atoms. The largest absolute Gasteiger partial charge is 0.381 e. The average Bonchev–Trinajstić information content (AvgIpc) is 2.67. The highest BCUT2D eigenvalue weighted by Crippen LogP contribution is 2.24. The average molecular weight is 238 g/mol. The van der Waals surface area contributed by atoms with Gasteiger partial charge in [0.15, 0.2) is 0 Å². The first kappa shape index (κ1) is 12.1. The molecule has 2 heterocycles. The van der Waals surface area contributed by atoms with Crippen LogP contribution in [-0.4, -0.2) is 13.2 Å². The van der Waals surface area contributed by atoms with Gasteiger partial charge in [0.2, 0.25) is 0 Å². The quantitative estimate of drug-likeness (QED) is 0.662. The van der Waals surface area contributed by atoms with Gasteiger partial charge in [-0.05, 0) is 42.2 Å². The van der Waals surface area contributed by atoms with Gasteiger partial charge in [-0.15, -0.1) is 11.3 Å². The fourth-order valence-corrected chi connectivity index (χ4v) is 3.44. The molecule has 0 N–H and O–H groups in total. The summed E-state index contributed by atoms with van der Waals surface area (Å²) in [6, 6.07) is 2.28. The molecule has 1 aromatic rings. The van der Waals surface area contributed by atoms with Crippen LogP contribution in [0.3, 0.4) is 0 Å². The summed E-state index contributed by atoms with van der Waals surface area (Å²) in [6.07, 6.45) is 7.69. The molecule has 90 valence electrons. The molecule has 1 atom stereocenters. The van der Waals surface area contributed by atoms with E-state index >= 15 is 0 Å². The van der Waals surface area contributed by atoms with E-state index < -0.39 is 0 Å². The van der Waals surface area contributed by atoms with Crippen molar-refractivity contribution in [3.63, 3.8) is 0 Å². The van der Waals surface area contributed by atoms with Crippen molar-refractivity contribution in [1.82, 2.24) is 0 Å². The molecule has 0 aromatic carbocycles. The van der Waals surface area contributed by atoms with Gasteiger partial charge in [0.05, 0.1) is 6.61 Å². The molecular formula is C14H22OS. The van der Waals surface area contributed by atoms with E-state index in [9.17, 15) is 0 Å². The molecule has 1 nitrogen and oxygen atoms in total. The van der Waals surface area contributed by atoms with Gasteiger partial charge in [-0.2, -0.15) is 0 Å². The van der Waals surface area contributed by atoms with Crippen molar-refractivity contribution < 1.29 is 4.74 Å². The van der Waals surface area contributed by atoms with Crippen molar-refractivity contribution in [1.29, 1.82) is 0 Å². The number of rotatable bonds is 0. The second-order valence-corrected chi connectivity index (χ2v) is 5.89. The summed E-state index contributed by atoms with van der Waals surface area (Å²) in [6.45, 7) is 4.25. The lowest BCUT2D eigenvalue weighted by atomic mass is 9.97. The van der Waals surface area contributed by atoms with Crippen LogP contribution >= 0.6 is 11.3 Å². The maximum atomic E-state index is 5.66. The molecule has 0 aliphatic carbocycles. The van der Waals surface area contributed by atoms with Gasteiger partial charge in [-0.25, -0.2) is 0 Å². The zero-order valence-corrected chi connectivity index (χ0v) is 11.0. The Morgan fingerprint density at radius 3 is 3.12 bits per heavy atom. The van der Waals surface area contributed by atoms with Crippen LogP contribution < -0.4 is 0 Å². The Morgan fingerprint density at radius 2 is 2.19 bits per heavy atom. The molecule has 0 radical (unpaired) electrons. The van der Waals surface area contributed by atoms with Crippen LogP contribution in [0.25, 0.3) is 0 Å². The summed E-state index contributed by atoms with van der Waals surface area (Å²) >= 11 is 1.92. The summed E-state index contributed by atoms with van der Waals surface area (Å²) in [5.74, 6) is 0.845. The first-order valence-corrected chi connectivity index (χ1v) is 7.37. The Morgan fingerprint density at radius 1 is 1.25 bits per heavy atom. The summed E-state index contributed by atoms with van der Waals surface area (Å²) in [4.78, 5) is 1.59. The Labute approximate surface area is 103 Å². The molecule has 0 saturated carbocycles. The normalized spacial score (nSPS) is 24.2. The van der Waals surface area contributed by atoms with Crippen LogP contribution in [0.4, 0.5) is 0 Å². The second-order valence-electron chi connectivity index (χ2n) is 4.89. The lowest BCUT2D eigenvalue weighted by Crippen LogP contribution is -2.06. The predicted molar refractivity (Wildman–Crippen MR) is 70.2 cm³/mol. The van der Waals surface area contributed by atoms with Crippen molar-refractivity contribution in [2.24, 2.45) is 5.92 Å². The van der Waals surface area contributed by atoms with Crippen LogP contribution in [0.5, 0.6) is 0 Å². The molecule has 1 aliphatic rings. The Hall–Kier alpha value is -0.340. The molecule has 0 fully saturated rings. The van der Waals surface area contributed by atoms with Gasteiger partial charge < -0.3 is 4.74 Å². The summed E-state index contributed by atoms with van der Waals surface area (Å²) in [5.41, 5.74) is 1.53. The molecule has 0 saturated heterocycles. The van der Waals surface area contributed by atoms with E-state index in [1.54, 1.807) is 4.88 Å². The third-order valence-corrected chi connectivity index (χ3v) is 4.36. The topological polar surface area (TPSA) is 9.23 Å². The van der Waals surface area contributed by atoms with Crippen LogP contribution in [0, 0.1) is 5.92 Å². The van der Waals surface area contributed by atoms with Crippen molar-refractivity contribution in [2.45, 2.75) is 45.4 Å². The van der Waals surface area contributed by atoms with Gasteiger partial charge in [0, 0.05) is 11.5 Å². The summed E-state index contributed by atoms with van der Waals surface area (Å²) < 4.78 is 5.66. The molecule has 0 amide bonds. The Bertz CT molecular complexity index is 305. The van der Waals surface area contributed by atoms with Crippen molar-refractivity contribution in [2.75, 3.05) is 13.2 Å². The van der Waals surface area contributed by atoms with E-state index in [4.69, 9.17) is 4.74 Å². The third kappa shape index (κ3) is 3.60. The van der Waals surface area contributed by atoms with Gasteiger partial charge in [0.25, 0.3) is 0 Å². The van der Waals surface area contributed by atoms with E-state index in [1.165, 1.54) is 37.7 Å². The van der Waals surface area contributed by atoms with Crippen LogP contribution in [0.15, 0.2) is 11.4 Å². The standard InChI is InChI=1S/C14H22OS/c1-12-5-3-2-4-8-15-9-6-13-7-10-16-14(13)11-12/h7,10,12H,2-6,8-9,11H2,1H3. The van der Waals surface area contributed by atoms with Gasteiger partial charge >= 0.3 is 0 Å². The highest BCUT2D eigenvalue weighted by atomic mass is 32.1. The van der Waals surface area contributed by atoms with Crippen molar-refractivity contribution in [3.05, 3.63) is 21.9 Å². The highest BCUT2D eigenvalue weighted by Gasteiger charge is 2.10. The van der Waals surface area contributed by atoms with Crippen LogP contribution in [0.2, 0.25) is 0 Å². The first-order chi connectivity index (χ1) is 7.86. The van der Waals surface area contributed by atoms with E-state index in [-0.39, 0.29) is 0 Å². The van der Waals surface area contributed by atoms with Crippen molar-refractivity contribution in [3.8, 4) is 0 Å². The highest BCUT2D eigenvalue weighted by molar-refractivity contribution is 7.10. The Balaban J connectivity index is 1.99. The smallest absolute Gasteiger partial charge is 0.0506 e. The fourth-order valence-electron chi connectivity index (χ4n) is 2.35. The van der Waals surface area contributed by atoms with E-state index in [2.05, 4.69) is 18.4 Å². The fraction of sp³-hybridized carbons (Fsp3) is 0.714. The summed E-state index contributed by atoms with van der Waals surface area (Å²) in [7, 11) is 0. The zero-order chi connectivity index (χ0) is 11.2. The Kier molecular flexibility index (Phi) is 4.86. The van der Waals surface area contributed by atoms with E-state index in [0.717, 1.165) is 25.6 Å². The van der Waals surface area contributed by atoms with Gasteiger partial charge in [0.1, 0.15) is 0 Å². The number of fused-ring (bicyclic) bond motifs is 1. The molecule has 1 unspecified atom stereocenters. The summed E-state index contributed by atoms with van der Waals surface area (Å²) in [5, 5.41) is 2.23. The number of hydrogen-bond donors (Lipinski definition) is 0. The maximum absolute atomic E-state index is 5.66. The molecule has 1 aliphatic heterocycles.